The lowest BCUT2D eigenvalue weighted by Gasteiger charge is -2.13. The molecule has 1 atom stereocenters. The first-order valence-electron chi connectivity index (χ1n) is 4.70. The van der Waals surface area contributed by atoms with Gasteiger partial charge in [-0.1, -0.05) is 0 Å². The van der Waals surface area contributed by atoms with Crippen molar-refractivity contribution in [2.24, 2.45) is 0 Å². The third-order valence-electron chi connectivity index (χ3n) is 2.10. The van der Waals surface area contributed by atoms with E-state index in [-0.39, 0.29) is 5.75 Å². The summed E-state index contributed by atoms with van der Waals surface area (Å²) in [6, 6.07) is 3.15. The van der Waals surface area contributed by atoms with Crippen molar-refractivity contribution < 1.29 is 19.7 Å². The maximum atomic E-state index is 9.51. The van der Waals surface area contributed by atoms with Crippen molar-refractivity contribution in [3.63, 3.8) is 0 Å². The molecule has 84 valence electrons. The van der Waals surface area contributed by atoms with E-state index in [2.05, 4.69) is 0 Å². The van der Waals surface area contributed by atoms with Crippen molar-refractivity contribution in [2.75, 3.05) is 14.2 Å². The lowest BCUT2D eigenvalue weighted by molar-refractivity contribution is 0.194. The zero-order valence-electron chi connectivity index (χ0n) is 9.15. The molecule has 0 fully saturated rings. The molecule has 0 saturated heterocycles. The summed E-state index contributed by atoms with van der Waals surface area (Å²) in [6.45, 7) is 1.69. The predicted octanol–water partition coefficient (Wildman–Crippen LogP) is 1.33. The smallest absolute Gasteiger partial charge is 0.161 e. The van der Waals surface area contributed by atoms with Crippen molar-refractivity contribution in [3.05, 3.63) is 17.7 Å². The molecule has 0 aromatic heterocycles. The largest absolute Gasteiger partial charge is 0.504 e. The Bertz CT molecular complexity index is 334. The maximum Gasteiger partial charge on any atom is 0.161 e. The fourth-order valence-electron chi connectivity index (χ4n) is 1.42. The normalized spacial score (nSPS) is 12.3. The van der Waals surface area contributed by atoms with Crippen LogP contribution in [0.3, 0.4) is 0 Å². The number of benzene rings is 1. The monoisotopic (exact) mass is 212 g/mol. The minimum absolute atomic E-state index is 0.0312. The molecule has 4 heteroatoms. The van der Waals surface area contributed by atoms with Crippen LogP contribution in [0.2, 0.25) is 0 Å². The molecule has 0 aliphatic rings. The second-order valence-corrected chi connectivity index (χ2v) is 3.39. The number of rotatable bonds is 4. The first-order valence-corrected chi connectivity index (χ1v) is 4.70. The van der Waals surface area contributed by atoms with Gasteiger partial charge in [-0.15, -0.1) is 0 Å². The third kappa shape index (κ3) is 2.76. The average molecular weight is 212 g/mol. The molecule has 0 bridgehead atoms. The molecule has 0 saturated carbocycles. The number of hydrogen-bond acceptors (Lipinski definition) is 4. The number of methoxy groups -OCH3 is 2. The Kier molecular flexibility index (Phi) is 3.80. The molecule has 4 nitrogen and oxygen atoms in total. The Balaban J connectivity index is 3.10. The number of ether oxygens (including phenoxy) is 2. The summed E-state index contributed by atoms with van der Waals surface area (Å²) in [5.74, 6) is 0.962. The van der Waals surface area contributed by atoms with E-state index in [0.29, 0.717) is 17.9 Å². The van der Waals surface area contributed by atoms with Gasteiger partial charge in [0.05, 0.1) is 20.3 Å². The Morgan fingerprint density at radius 2 is 1.80 bits per heavy atom. The van der Waals surface area contributed by atoms with Gasteiger partial charge in [-0.05, 0) is 13.0 Å². The van der Waals surface area contributed by atoms with Crippen molar-refractivity contribution in [1.82, 2.24) is 0 Å². The standard InChI is InChI=1S/C11H16O4/c1-7(12)4-8-5-11(15-3)9(13)6-10(8)14-2/h5-7,12-13H,4H2,1-3H3. The van der Waals surface area contributed by atoms with Crippen LogP contribution in [-0.4, -0.2) is 30.5 Å². The molecule has 2 N–H and O–H groups in total. The average Bonchev–Trinajstić information content (AvgIpc) is 2.19. The van der Waals surface area contributed by atoms with E-state index < -0.39 is 6.10 Å². The summed E-state index contributed by atoms with van der Waals surface area (Å²) in [7, 11) is 3.00. The number of aromatic hydroxyl groups is 1. The van der Waals surface area contributed by atoms with Crippen LogP contribution >= 0.6 is 0 Å². The minimum atomic E-state index is -0.465. The van der Waals surface area contributed by atoms with Gasteiger partial charge < -0.3 is 19.7 Å². The Hall–Kier alpha value is -1.42. The van der Waals surface area contributed by atoms with E-state index in [4.69, 9.17) is 9.47 Å². The number of aliphatic hydroxyl groups is 1. The van der Waals surface area contributed by atoms with E-state index in [1.807, 2.05) is 0 Å². The number of phenols is 1. The molecule has 0 radical (unpaired) electrons. The number of phenolic OH excluding ortho intramolecular Hbond substituents is 1. The van der Waals surface area contributed by atoms with Crippen LogP contribution in [0.5, 0.6) is 17.2 Å². The van der Waals surface area contributed by atoms with Crippen LogP contribution in [0, 0.1) is 0 Å². The SMILES string of the molecule is COc1cc(CC(C)O)c(OC)cc1O. The lowest BCUT2D eigenvalue weighted by Crippen LogP contribution is -2.06. The molecular weight excluding hydrogens is 196 g/mol. The highest BCUT2D eigenvalue weighted by Crippen LogP contribution is 2.34. The third-order valence-corrected chi connectivity index (χ3v) is 2.10. The molecule has 0 spiro atoms. The number of hydrogen-bond donors (Lipinski definition) is 2. The topological polar surface area (TPSA) is 58.9 Å². The Morgan fingerprint density at radius 1 is 1.20 bits per heavy atom. The molecule has 15 heavy (non-hydrogen) atoms. The van der Waals surface area contributed by atoms with Crippen LogP contribution in [-0.2, 0) is 6.42 Å². The maximum absolute atomic E-state index is 9.51. The molecule has 1 rings (SSSR count). The van der Waals surface area contributed by atoms with Crippen molar-refractivity contribution in [3.8, 4) is 17.2 Å². The molecule has 0 amide bonds. The van der Waals surface area contributed by atoms with Crippen molar-refractivity contribution >= 4 is 0 Å². The molecule has 1 unspecified atom stereocenters. The summed E-state index contributed by atoms with van der Waals surface area (Å²) in [6.07, 6.45) is -0.00653. The summed E-state index contributed by atoms with van der Waals surface area (Å²) in [5, 5.41) is 18.8. The first-order chi connectivity index (χ1) is 7.08. The molecule has 1 aromatic rings. The highest BCUT2D eigenvalue weighted by molar-refractivity contribution is 5.50. The Labute approximate surface area is 89.1 Å². The van der Waals surface area contributed by atoms with E-state index in [0.717, 1.165) is 5.56 Å². The van der Waals surface area contributed by atoms with Gasteiger partial charge in [-0.2, -0.15) is 0 Å². The second kappa shape index (κ2) is 4.89. The molecule has 1 aromatic carbocycles. The van der Waals surface area contributed by atoms with Gasteiger partial charge in [0, 0.05) is 18.1 Å². The quantitative estimate of drug-likeness (QED) is 0.790. The highest BCUT2D eigenvalue weighted by atomic mass is 16.5. The summed E-state index contributed by atoms with van der Waals surface area (Å²) in [4.78, 5) is 0. The van der Waals surface area contributed by atoms with E-state index >= 15 is 0 Å². The summed E-state index contributed by atoms with van der Waals surface area (Å²) >= 11 is 0. The Morgan fingerprint density at radius 3 is 2.27 bits per heavy atom. The van der Waals surface area contributed by atoms with Crippen molar-refractivity contribution in [2.45, 2.75) is 19.4 Å². The van der Waals surface area contributed by atoms with E-state index in [1.54, 1.807) is 13.0 Å². The van der Waals surface area contributed by atoms with Gasteiger partial charge in [-0.25, -0.2) is 0 Å². The van der Waals surface area contributed by atoms with Gasteiger partial charge in [0.15, 0.2) is 11.5 Å². The highest BCUT2D eigenvalue weighted by Gasteiger charge is 2.11. The number of aliphatic hydroxyl groups excluding tert-OH is 1. The van der Waals surface area contributed by atoms with Crippen LogP contribution in [0.4, 0.5) is 0 Å². The van der Waals surface area contributed by atoms with Gasteiger partial charge in [0.1, 0.15) is 5.75 Å². The van der Waals surface area contributed by atoms with Crippen LogP contribution < -0.4 is 9.47 Å². The van der Waals surface area contributed by atoms with Gasteiger partial charge >= 0.3 is 0 Å². The fourth-order valence-corrected chi connectivity index (χ4v) is 1.42. The zero-order valence-corrected chi connectivity index (χ0v) is 9.15. The van der Waals surface area contributed by atoms with E-state index in [9.17, 15) is 10.2 Å². The molecular formula is C11H16O4. The predicted molar refractivity (Wildman–Crippen MR) is 56.6 cm³/mol. The van der Waals surface area contributed by atoms with Crippen LogP contribution in [0.15, 0.2) is 12.1 Å². The van der Waals surface area contributed by atoms with Crippen LogP contribution in [0.25, 0.3) is 0 Å². The lowest BCUT2D eigenvalue weighted by atomic mass is 10.1. The van der Waals surface area contributed by atoms with Gasteiger partial charge in [0.25, 0.3) is 0 Å². The summed E-state index contributed by atoms with van der Waals surface area (Å²) in [5.41, 5.74) is 0.808. The molecule has 0 aliphatic carbocycles. The zero-order chi connectivity index (χ0) is 11.4. The van der Waals surface area contributed by atoms with Crippen molar-refractivity contribution in [1.29, 1.82) is 0 Å². The molecule has 0 heterocycles. The fraction of sp³-hybridized carbons (Fsp3) is 0.455. The minimum Gasteiger partial charge on any atom is -0.504 e. The van der Waals surface area contributed by atoms with Gasteiger partial charge in [0.2, 0.25) is 0 Å². The second-order valence-electron chi connectivity index (χ2n) is 3.39. The van der Waals surface area contributed by atoms with E-state index in [1.165, 1.54) is 20.3 Å². The van der Waals surface area contributed by atoms with Gasteiger partial charge in [-0.3, -0.25) is 0 Å². The first kappa shape index (κ1) is 11.7. The van der Waals surface area contributed by atoms with Crippen LogP contribution in [0.1, 0.15) is 12.5 Å². The molecule has 0 aliphatic heterocycles. The summed E-state index contributed by atoms with van der Waals surface area (Å²) < 4.78 is 10.1.